The quantitative estimate of drug-likeness (QED) is 0.693. The molecular weight excluding hydrogens is 176 g/mol. The van der Waals surface area contributed by atoms with Gasteiger partial charge in [-0.3, -0.25) is 0 Å². The van der Waals surface area contributed by atoms with Crippen LogP contribution in [0.25, 0.3) is 11.0 Å². The number of hydrogen-bond acceptors (Lipinski definition) is 2. The van der Waals surface area contributed by atoms with Gasteiger partial charge in [-0.25, -0.2) is 0 Å². The lowest BCUT2D eigenvalue weighted by Crippen LogP contribution is -1.93. The molecule has 1 aromatic carbocycles. The van der Waals surface area contributed by atoms with Gasteiger partial charge in [-0.05, 0) is 29.7 Å². The summed E-state index contributed by atoms with van der Waals surface area (Å²) >= 11 is 0. The molecule has 0 saturated carbocycles. The first-order valence-corrected chi connectivity index (χ1v) is 4.72. The summed E-state index contributed by atoms with van der Waals surface area (Å²) in [5, 5.41) is 1.10. The topological polar surface area (TPSA) is 30.2 Å². The molecule has 0 amide bonds. The highest BCUT2D eigenvalue weighted by Crippen LogP contribution is 2.23. The van der Waals surface area contributed by atoms with E-state index in [1.807, 2.05) is 18.2 Å². The van der Waals surface area contributed by atoms with Crippen molar-refractivity contribution in [3.05, 3.63) is 36.1 Å². The fourth-order valence-electron chi connectivity index (χ4n) is 1.57. The van der Waals surface area contributed by atoms with E-state index in [9.17, 15) is 4.79 Å². The molecule has 0 radical (unpaired) electrons. The Hall–Kier alpha value is -1.57. The average molecular weight is 188 g/mol. The van der Waals surface area contributed by atoms with E-state index in [2.05, 4.69) is 13.0 Å². The van der Waals surface area contributed by atoms with E-state index < -0.39 is 0 Å². The number of aldehydes is 1. The highest BCUT2D eigenvalue weighted by Gasteiger charge is 2.06. The maximum atomic E-state index is 10.4. The van der Waals surface area contributed by atoms with Crippen molar-refractivity contribution in [1.29, 1.82) is 0 Å². The van der Waals surface area contributed by atoms with Crippen LogP contribution in [0.1, 0.15) is 24.8 Å². The van der Waals surface area contributed by atoms with Crippen LogP contribution in [0.15, 0.2) is 34.9 Å². The molecule has 0 N–H and O–H groups in total. The van der Waals surface area contributed by atoms with Crippen LogP contribution in [0.2, 0.25) is 0 Å². The first-order chi connectivity index (χ1) is 6.81. The van der Waals surface area contributed by atoms with Gasteiger partial charge in [0.15, 0.2) is 0 Å². The lowest BCUT2D eigenvalue weighted by molar-refractivity contribution is -0.108. The first-order valence-electron chi connectivity index (χ1n) is 4.72. The number of hydrogen-bond donors (Lipinski definition) is 0. The van der Waals surface area contributed by atoms with E-state index in [0.717, 1.165) is 17.3 Å². The molecule has 0 saturated heterocycles. The highest BCUT2D eigenvalue weighted by atomic mass is 16.3. The molecule has 2 rings (SSSR count). The number of benzene rings is 1. The monoisotopic (exact) mass is 188 g/mol. The summed E-state index contributed by atoms with van der Waals surface area (Å²) < 4.78 is 5.24. The number of carbonyl (C=O) groups excluding carboxylic acids is 1. The van der Waals surface area contributed by atoms with Gasteiger partial charge >= 0.3 is 0 Å². The molecule has 1 atom stereocenters. The molecule has 1 heterocycles. The molecule has 0 bridgehead atoms. The van der Waals surface area contributed by atoms with E-state index >= 15 is 0 Å². The Bertz CT molecular complexity index is 442. The SMILES string of the molecule is CC(CC=O)c1ccc2occc2c1. The van der Waals surface area contributed by atoms with Crippen molar-refractivity contribution in [3.8, 4) is 0 Å². The third-order valence-corrected chi connectivity index (χ3v) is 2.50. The third-order valence-electron chi connectivity index (χ3n) is 2.50. The van der Waals surface area contributed by atoms with E-state index in [4.69, 9.17) is 4.42 Å². The lowest BCUT2D eigenvalue weighted by atomic mass is 9.97. The molecule has 0 aliphatic rings. The molecule has 1 unspecified atom stereocenters. The Kier molecular flexibility index (Phi) is 2.35. The van der Waals surface area contributed by atoms with Crippen molar-refractivity contribution in [2.45, 2.75) is 19.3 Å². The second-order valence-corrected chi connectivity index (χ2v) is 3.52. The fourth-order valence-corrected chi connectivity index (χ4v) is 1.57. The van der Waals surface area contributed by atoms with Crippen molar-refractivity contribution in [2.75, 3.05) is 0 Å². The predicted molar refractivity (Wildman–Crippen MR) is 55.3 cm³/mol. The van der Waals surface area contributed by atoms with Crippen LogP contribution in [0.3, 0.4) is 0 Å². The predicted octanol–water partition coefficient (Wildman–Crippen LogP) is 3.13. The Balaban J connectivity index is 2.38. The van der Waals surface area contributed by atoms with Crippen LogP contribution in [0.4, 0.5) is 0 Å². The highest BCUT2D eigenvalue weighted by molar-refractivity contribution is 5.78. The molecule has 2 heteroatoms. The molecular formula is C12H12O2. The van der Waals surface area contributed by atoms with Crippen molar-refractivity contribution >= 4 is 17.3 Å². The van der Waals surface area contributed by atoms with Crippen molar-refractivity contribution in [3.63, 3.8) is 0 Å². The van der Waals surface area contributed by atoms with Gasteiger partial charge in [0.25, 0.3) is 0 Å². The summed E-state index contributed by atoms with van der Waals surface area (Å²) in [6.45, 7) is 2.05. The molecule has 1 aromatic heterocycles. The number of rotatable bonds is 3. The van der Waals surface area contributed by atoms with Gasteiger partial charge in [0.05, 0.1) is 6.26 Å². The third kappa shape index (κ3) is 1.55. The Labute approximate surface area is 82.5 Å². The van der Waals surface area contributed by atoms with Gasteiger partial charge in [0, 0.05) is 11.8 Å². The largest absolute Gasteiger partial charge is 0.464 e. The van der Waals surface area contributed by atoms with Crippen LogP contribution in [0, 0.1) is 0 Å². The molecule has 72 valence electrons. The standard InChI is InChI=1S/C12H12O2/c1-9(4-6-13)10-2-3-12-11(8-10)5-7-14-12/h2-3,5-9H,4H2,1H3. The van der Waals surface area contributed by atoms with Crippen molar-refractivity contribution < 1.29 is 9.21 Å². The van der Waals surface area contributed by atoms with Crippen LogP contribution in [-0.4, -0.2) is 6.29 Å². The van der Waals surface area contributed by atoms with E-state index in [1.54, 1.807) is 6.26 Å². The molecule has 0 fully saturated rings. The van der Waals surface area contributed by atoms with Gasteiger partial charge in [-0.1, -0.05) is 13.0 Å². The van der Waals surface area contributed by atoms with Crippen molar-refractivity contribution in [1.82, 2.24) is 0 Å². The second kappa shape index (κ2) is 3.66. The maximum Gasteiger partial charge on any atom is 0.133 e. The van der Waals surface area contributed by atoms with Crippen LogP contribution in [0.5, 0.6) is 0 Å². The van der Waals surface area contributed by atoms with Gasteiger partial charge in [0.2, 0.25) is 0 Å². The lowest BCUT2D eigenvalue weighted by Gasteiger charge is -2.07. The molecule has 0 aliphatic heterocycles. The molecule has 0 spiro atoms. The minimum absolute atomic E-state index is 0.284. The minimum Gasteiger partial charge on any atom is -0.464 e. The summed E-state index contributed by atoms with van der Waals surface area (Å²) in [6.07, 6.45) is 3.21. The summed E-state index contributed by atoms with van der Waals surface area (Å²) in [4.78, 5) is 10.4. The van der Waals surface area contributed by atoms with Gasteiger partial charge < -0.3 is 9.21 Å². The number of fused-ring (bicyclic) bond motifs is 1. The summed E-state index contributed by atoms with van der Waals surface area (Å²) in [5.74, 6) is 0.284. The van der Waals surface area contributed by atoms with Gasteiger partial charge in [-0.2, -0.15) is 0 Å². The van der Waals surface area contributed by atoms with Crippen molar-refractivity contribution in [2.24, 2.45) is 0 Å². The van der Waals surface area contributed by atoms with E-state index in [1.165, 1.54) is 5.56 Å². The Morgan fingerprint density at radius 3 is 3.07 bits per heavy atom. The zero-order valence-electron chi connectivity index (χ0n) is 8.07. The molecule has 2 nitrogen and oxygen atoms in total. The second-order valence-electron chi connectivity index (χ2n) is 3.52. The van der Waals surface area contributed by atoms with Gasteiger partial charge in [0.1, 0.15) is 11.9 Å². The Morgan fingerprint density at radius 1 is 1.43 bits per heavy atom. The smallest absolute Gasteiger partial charge is 0.133 e. The Morgan fingerprint density at radius 2 is 2.29 bits per heavy atom. The normalized spacial score (nSPS) is 12.9. The zero-order valence-corrected chi connectivity index (χ0v) is 8.07. The van der Waals surface area contributed by atoms with E-state index in [-0.39, 0.29) is 5.92 Å². The van der Waals surface area contributed by atoms with Crippen LogP contribution >= 0.6 is 0 Å². The maximum absolute atomic E-state index is 10.4. The molecule has 14 heavy (non-hydrogen) atoms. The van der Waals surface area contributed by atoms with Gasteiger partial charge in [-0.15, -0.1) is 0 Å². The minimum atomic E-state index is 0.284. The molecule has 2 aromatic rings. The molecule has 0 aliphatic carbocycles. The summed E-state index contributed by atoms with van der Waals surface area (Å²) in [6, 6.07) is 7.98. The van der Waals surface area contributed by atoms with Crippen LogP contribution < -0.4 is 0 Å². The number of carbonyl (C=O) groups is 1. The summed E-state index contributed by atoms with van der Waals surface area (Å²) in [5.41, 5.74) is 2.08. The summed E-state index contributed by atoms with van der Waals surface area (Å²) in [7, 11) is 0. The first kappa shape index (κ1) is 9.00. The average Bonchev–Trinajstić information content (AvgIpc) is 2.64. The zero-order chi connectivity index (χ0) is 9.97. The van der Waals surface area contributed by atoms with E-state index in [0.29, 0.717) is 6.42 Å². The number of furan rings is 1. The fraction of sp³-hybridized carbons (Fsp3) is 0.250. The van der Waals surface area contributed by atoms with Crippen LogP contribution in [-0.2, 0) is 4.79 Å².